The Labute approximate surface area is 61.8 Å². The molecular weight excluding hydrogens is 130 g/mol. The molecule has 3 heteroatoms. The van der Waals surface area contributed by atoms with Crippen LogP contribution in [0.2, 0.25) is 0 Å². The van der Waals surface area contributed by atoms with E-state index in [1.165, 1.54) is 0 Å². The van der Waals surface area contributed by atoms with Crippen molar-refractivity contribution in [3.8, 4) is 0 Å². The van der Waals surface area contributed by atoms with Gasteiger partial charge < -0.3 is 10.1 Å². The fourth-order valence-corrected chi connectivity index (χ4v) is 0.0962. The summed E-state index contributed by atoms with van der Waals surface area (Å²) >= 11 is 0. The van der Waals surface area contributed by atoms with Crippen LogP contribution >= 0.6 is 0 Å². The maximum absolute atomic E-state index is 9.74. The molecule has 0 radical (unpaired) electrons. The average molecular weight is 145 g/mol. The maximum Gasteiger partial charge on any atom is 0.206 e. The lowest BCUT2D eigenvalue weighted by Gasteiger charge is -1.89. The fraction of sp³-hybridized carbons (Fsp3) is 0.714. The predicted molar refractivity (Wildman–Crippen MR) is 40.6 cm³/mol. The van der Waals surface area contributed by atoms with E-state index in [9.17, 15) is 4.79 Å². The van der Waals surface area contributed by atoms with Crippen LogP contribution in [0.1, 0.15) is 20.3 Å². The third-order valence-corrected chi connectivity index (χ3v) is 0.994. The van der Waals surface area contributed by atoms with Gasteiger partial charge in [0.1, 0.15) is 6.29 Å². The number of hydrogen-bond donors (Lipinski definition) is 1. The van der Waals surface area contributed by atoms with Crippen LogP contribution in [0.5, 0.6) is 0 Å². The highest BCUT2D eigenvalue weighted by atomic mass is 16.1. The zero-order valence-corrected chi connectivity index (χ0v) is 6.76. The molecular formula is C7H15NO2. The second-order valence-corrected chi connectivity index (χ2v) is 1.93. The molecule has 0 bridgehead atoms. The van der Waals surface area contributed by atoms with Crippen molar-refractivity contribution in [2.24, 2.45) is 5.92 Å². The van der Waals surface area contributed by atoms with Crippen molar-refractivity contribution in [1.82, 2.24) is 5.32 Å². The summed E-state index contributed by atoms with van der Waals surface area (Å²) in [7, 11) is 1.56. The lowest BCUT2D eigenvalue weighted by Crippen LogP contribution is -1.98. The highest BCUT2D eigenvalue weighted by Crippen LogP contribution is 1.91. The van der Waals surface area contributed by atoms with Gasteiger partial charge in [-0.05, 0) is 6.42 Å². The standard InChI is InChI=1S/C5H10O.C2H5NO/c1-3-5(2)4-6;1-3-2-4/h4-5H,3H2,1-2H3;2H,1H3,(H,3,4). The summed E-state index contributed by atoms with van der Waals surface area (Å²) in [6.07, 6.45) is 2.56. The normalized spacial score (nSPS) is 10.3. The van der Waals surface area contributed by atoms with Gasteiger partial charge in [0.15, 0.2) is 0 Å². The highest BCUT2D eigenvalue weighted by molar-refractivity contribution is 5.52. The zero-order chi connectivity index (χ0) is 8.41. The van der Waals surface area contributed by atoms with Crippen LogP contribution in [0, 0.1) is 5.92 Å². The Bertz CT molecular complexity index is 83.7. The van der Waals surface area contributed by atoms with Crippen LogP contribution in [0.25, 0.3) is 0 Å². The number of rotatable bonds is 3. The summed E-state index contributed by atoms with van der Waals surface area (Å²) in [4.78, 5) is 18.8. The Morgan fingerprint density at radius 3 is 1.90 bits per heavy atom. The number of nitrogens with one attached hydrogen (secondary N) is 1. The van der Waals surface area contributed by atoms with Crippen molar-refractivity contribution in [1.29, 1.82) is 0 Å². The van der Waals surface area contributed by atoms with Crippen molar-refractivity contribution in [3.63, 3.8) is 0 Å². The van der Waals surface area contributed by atoms with E-state index in [-0.39, 0.29) is 5.92 Å². The quantitative estimate of drug-likeness (QED) is 0.591. The van der Waals surface area contributed by atoms with E-state index in [1.807, 2.05) is 13.8 Å². The summed E-state index contributed by atoms with van der Waals surface area (Å²) in [5.74, 6) is 0.255. The Morgan fingerprint density at radius 1 is 1.50 bits per heavy atom. The van der Waals surface area contributed by atoms with Crippen LogP contribution in [-0.4, -0.2) is 19.7 Å². The van der Waals surface area contributed by atoms with Gasteiger partial charge in [-0.1, -0.05) is 13.8 Å². The molecule has 1 amide bonds. The van der Waals surface area contributed by atoms with Gasteiger partial charge in [-0.2, -0.15) is 0 Å². The second-order valence-electron chi connectivity index (χ2n) is 1.93. The van der Waals surface area contributed by atoms with E-state index >= 15 is 0 Å². The van der Waals surface area contributed by atoms with Crippen LogP contribution in [0.3, 0.4) is 0 Å². The lowest BCUT2D eigenvalue weighted by atomic mass is 10.2. The fourth-order valence-electron chi connectivity index (χ4n) is 0.0962. The first-order valence-electron chi connectivity index (χ1n) is 3.29. The van der Waals surface area contributed by atoms with Gasteiger partial charge in [0.25, 0.3) is 0 Å². The van der Waals surface area contributed by atoms with Gasteiger partial charge >= 0.3 is 0 Å². The zero-order valence-electron chi connectivity index (χ0n) is 6.76. The molecule has 0 saturated carbocycles. The first-order valence-corrected chi connectivity index (χ1v) is 3.29. The third-order valence-electron chi connectivity index (χ3n) is 0.994. The number of carbonyl (C=O) groups excluding carboxylic acids is 2. The molecule has 60 valence electrons. The van der Waals surface area contributed by atoms with E-state index in [4.69, 9.17) is 4.79 Å². The molecule has 1 unspecified atom stereocenters. The van der Waals surface area contributed by atoms with Gasteiger partial charge in [0.05, 0.1) is 0 Å². The minimum atomic E-state index is 0.255. The molecule has 10 heavy (non-hydrogen) atoms. The summed E-state index contributed by atoms with van der Waals surface area (Å²) < 4.78 is 0. The molecule has 0 spiro atoms. The first-order chi connectivity index (χ1) is 4.72. The minimum Gasteiger partial charge on any atom is -0.362 e. The third kappa shape index (κ3) is 15.7. The number of carbonyl (C=O) groups is 2. The molecule has 0 rings (SSSR count). The average Bonchev–Trinajstić information content (AvgIpc) is 2.03. The van der Waals surface area contributed by atoms with Crippen molar-refractivity contribution in [3.05, 3.63) is 0 Å². The van der Waals surface area contributed by atoms with Gasteiger partial charge in [0.2, 0.25) is 6.41 Å². The van der Waals surface area contributed by atoms with Gasteiger partial charge in [0, 0.05) is 13.0 Å². The molecule has 0 aliphatic rings. The predicted octanol–water partition coefficient (Wildman–Crippen LogP) is 0.594. The number of hydrogen-bond acceptors (Lipinski definition) is 2. The molecule has 3 nitrogen and oxygen atoms in total. The summed E-state index contributed by atoms with van der Waals surface area (Å²) in [5, 5.41) is 2.25. The molecule has 0 aromatic heterocycles. The van der Waals surface area contributed by atoms with E-state index in [2.05, 4.69) is 5.32 Å². The summed E-state index contributed by atoms with van der Waals surface area (Å²) in [6.45, 7) is 3.91. The molecule has 0 aromatic rings. The maximum atomic E-state index is 9.74. The van der Waals surface area contributed by atoms with Gasteiger partial charge in [-0.3, -0.25) is 4.79 Å². The van der Waals surface area contributed by atoms with E-state index in [0.717, 1.165) is 12.7 Å². The van der Waals surface area contributed by atoms with E-state index in [0.29, 0.717) is 6.41 Å². The Kier molecular flexibility index (Phi) is 13.1. The molecule has 0 heterocycles. The van der Waals surface area contributed by atoms with Crippen molar-refractivity contribution in [2.75, 3.05) is 7.05 Å². The Hall–Kier alpha value is -0.860. The first kappa shape index (κ1) is 11.9. The SMILES string of the molecule is CCC(C)C=O.CNC=O. The highest BCUT2D eigenvalue weighted by Gasteiger charge is 1.89. The van der Waals surface area contributed by atoms with Crippen LogP contribution in [0.15, 0.2) is 0 Å². The molecule has 0 aromatic carbocycles. The summed E-state index contributed by atoms with van der Waals surface area (Å²) in [5.41, 5.74) is 0. The van der Waals surface area contributed by atoms with E-state index < -0.39 is 0 Å². The van der Waals surface area contributed by atoms with Crippen molar-refractivity contribution in [2.45, 2.75) is 20.3 Å². The smallest absolute Gasteiger partial charge is 0.206 e. The molecule has 0 fully saturated rings. The van der Waals surface area contributed by atoms with Crippen molar-refractivity contribution < 1.29 is 9.59 Å². The topological polar surface area (TPSA) is 46.2 Å². The molecule has 1 N–H and O–H groups in total. The minimum absolute atomic E-state index is 0.255. The number of aldehydes is 1. The van der Waals surface area contributed by atoms with Crippen molar-refractivity contribution >= 4 is 12.7 Å². The molecule has 1 atom stereocenters. The van der Waals surface area contributed by atoms with Crippen LogP contribution in [-0.2, 0) is 9.59 Å². The number of amides is 1. The molecule has 0 aliphatic heterocycles. The lowest BCUT2D eigenvalue weighted by molar-refractivity contribution is -0.111. The summed E-state index contributed by atoms with van der Waals surface area (Å²) in [6, 6.07) is 0. The Balaban J connectivity index is 0. The van der Waals surface area contributed by atoms with Gasteiger partial charge in [-0.25, -0.2) is 0 Å². The Morgan fingerprint density at radius 2 is 1.90 bits per heavy atom. The van der Waals surface area contributed by atoms with Crippen LogP contribution < -0.4 is 5.32 Å². The largest absolute Gasteiger partial charge is 0.362 e. The van der Waals surface area contributed by atoms with Crippen LogP contribution in [0.4, 0.5) is 0 Å². The monoisotopic (exact) mass is 145 g/mol. The molecule has 0 saturated heterocycles. The van der Waals surface area contributed by atoms with Gasteiger partial charge in [-0.15, -0.1) is 0 Å². The van der Waals surface area contributed by atoms with E-state index in [1.54, 1.807) is 7.05 Å². The molecule has 0 aliphatic carbocycles. The second kappa shape index (κ2) is 11.0.